The van der Waals surface area contributed by atoms with Crippen LogP contribution >= 0.6 is 0 Å². The standard InChI is InChI=1S/C17H30N2/c1-5-8-12-19(7-3)17-10-9-16(13-15(17)4)14-18-11-6-2/h9-10,13,18H,5-8,11-12,14H2,1-4H3. The summed E-state index contributed by atoms with van der Waals surface area (Å²) in [5.74, 6) is 0. The average molecular weight is 262 g/mol. The minimum atomic E-state index is 0.982. The predicted molar refractivity (Wildman–Crippen MR) is 86.0 cm³/mol. The molecule has 0 aliphatic carbocycles. The Morgan fingerprint density at radius 2 is 1.89 bits per heavy atom. The third kappa shape index (κ3) is 5.23. The first-order valence-corrected chi connectivity index (χ1v) is 7.78. The molecule has 0 aromatic heterocycles. The SMILES string of the molecule is CCCCN(CC)c1ccc(CNCCC)cc1C. The molecular formula is C17H30N2. The molecule has 0 saturated heterocycles. The molecule has 0 radical (unpaired) electrons. The van der Waals surface area contributed by atoms with Gasteiger partial charge in [-0.05, 0) is 50.4 Å². The molecule has 1 rings (SSSR count). The van der Waals surface area contributed by atoms with Gasteiger partial charge in [0.1, 0.15) is 0 Å². The van der Waals surface area contributed by atoms with Crippen molar-refractivity contribution in [2.75, 3.05) is 24.5 Å². The Hall–Kier alpha value is -1.02. The first-order valence-electron chi connectivity index (χ1n) is 7.78. The van der Waals surface area contributed by atoms with Gasteiger partial charge in [0, 0.05) is 25.3 Å². The second kappa shape index (κ2) is 8.98. The van der Waals surface area contributed by atoms with E-state index in [1.807, 2.05) is 0 Å². The van der Waals surface area contributed by atoms with Crippen molar-refractivity contribution in [3.05, 3.63) is 29.3 Å². The Labute approximate surface area is 119 Å². The van der Waals surface area contributed by atoms with Crippen molar-refractivity contribution in [1.29, 1.82) is 0 Å². The van der Waals surface area contributed by atoms with E-state index in [0.29, 0.717) is 0 Å². The minimum absolute atomic E-state index is 0.982. The van der Waals surface area contributed by atoms with E-state index in [1.54, 1.807) is 0 Å². The molecule has 0 atom stereocenters. The number of rotatable bonds is 9. The molecule has 108 valence electrons. The number of unbranched alkanes of at least 4 members (excludes halogenated alkanes) is 1. The third-order valence-electron chi connectivity index (χ3n) is 3.52. The lowest BCUT2D eigenvalue weighted by atomic mass is 10.1. The van der Waals surface area contributed by atoms with Crippen LogP contribution in [-0.2, 0) is 6.54 Å². The maximum Gasteiger partial charge on any atom is 0.0396 e. The molecule has 19 heavy (non-hydrogen) atoms. The van der Waals surface area contributed by atoms with Gasteiger partial charge in [0.2, 0.25) is 0 Å². The summed E-state index contributed by atoms with van der Waals surface area (Å²) >= 11 is 0. The zero-order valence-corrected chi connectivity index (χ0v) is 13.1. The summed E-state index contributed by atoms with van der Waals surface area (Å²) in [7, 11) is 0. The normalized spacial score (nSPS) is 10.7. The first-order chi connectivity index (χ1) is 9.22. The lowest BCUT2D eigenvalue weighted by Gasteiger charge is -2.25. The average Bonchev–Trinajstić information content (AvgIpc) is 2.41. The highest BCUT2D eigenvalue weighted by molar-refractivity contribution is 5.54. The number of benzene rings is 1. The summed E-state index contributed by atoms with van der Waals surface area (Å²) in [6.45, 7) is 13.3. The Kier molecular flexibility index (Phi) is 7.57. The van der Waals surface area contributed by atoms with Crippen LogP contribution in [0.5, 0.6) is 0 Å². The van der Waals surface area contributed by atoms with Gasteiger partial charge in [-0.1, -0.05) is 32.4 Å². The number of nitrogens with zero attached hydrogens (tertiary/aromatic N) is 1. The topological polar surface area (TPSA) is 15.3 Å². The van der Waals surface area contributed by atoms with E-state index in [4.69, 9.17) is 0 Å². The molecule has 0 aliphatic rings. The van der Waals surface area contributed by atoms with Crippen LogP contribution in [0.2, 0.25) is 0 Å². The number of hydrogen-bond acceptors (Lipinski definition) is 2. The molecule has 0 amide bonds. The van der Waals surface area contributed by atoms with Gasteiger partial charge in [-0.3, -0.25) is 0 Å². The van der Waals surface area contributed by atoms with Gasteiger partial charge in [0.05, 0.1) is 0 Å². The third-order valence-corrected chi connectivity index (χ3v) is 3.52. The summed E-state index contributed by atoms with van der Waals surface area (Å²) in [6.07, 6.45) is 3.72. The molecule has 2 nitrogen and oxygen atoms in total. The summed E-state index contributed by atoms with van der Waals surface area (Å²) in [5, 5.41) is 3.46. The molecule has 0 unspecified atom stereocenters. The highest BCUT2D eigenvalue weighted by atomic mass is 15.1. The van der Waals surface area contributed by atoms with E-state index >= 15 is 0 Å². The summed E-state index contributed by atoms with van der Waals surface area (Å²) < 4.78 is 0. The van der Waals surface area contributed by atoms with Crippen molar-refractivity contribution < 1.29 is 0 Å². The second-order valence-corrected chi connectivity index (χ2v) is 5.23. The predicted octanol–water partition coefficient (Wildman–Crippen LogP) is 4.12. The molecule has 1 aromatic rings. The van der Waals surface area contributed by atoms with Crippen LogP contribution in [0.4, 0.5) is 5.69 Å². The second-order valence-electron chi connectivity index (χ2n) is 5.23. The van der Waals surface area contributed by atoms with E-state index in [2.05, 4.69) is 56.1 Å². The van der Waals surface area contributed by atoms with E-state index in [9.17, 15) is 0 Å². The number of anilines is 1. The van der Waals surface area contributed by atoms with Gasteiger partial charge < -0.3 is 10.2 Å². The highest BCUT2D eigenvalue weighted by Crippen LogP contribution is 2.21. The fourth-order valence-corrected chi connectivity index (χ4v) is 2.39. The van der Waals surface area contributed by atoms with Crippen LogP contribution in [0.25, 0.3) is 0 Å². The summed E-state index contributed by atoms with van der Waals surface area (Å²) in [5.41, 5.74) is 4.19. The zero-order valence-electron chi connectivity index (χ0n) is 13.1. The maximum absolute atomic E-state index is 3.46. The van der Waals surface area contributed by atoms with Gasteiger partial charge in [0.25, 0.3) is 0 Å². The maximum atomic E-state index is 3.46. The molecule has 0 spiro atoms. The van der Waals surface area contributed by atoms with E-state index in [0.717, 1.165) is 19.6 Å². The molecule has 0 bridgehead atoms. The molecule has 0 fully saturated rings. The summed E-state index contributed by atoms with van der Waals surface area (Å²) in [6, 6.07) is 6.88. The molecular weight excluding hydrogens is 232 g/mol. The van der Waals surface area contributed by atoms with Crippen molar-refractivity contribution in [3.63, 3.8) is 0 Å². The first kappa shape index (κ1) is 16.0. The Bertz CT molecular complexity index is 360. The van der Waals surface area contributed by atoms with Crippen molar-refractivity contribution >= 4 is 5.69 Å². The van der Waals surface area contributed by atoms with E-state index in [1.165, 1.54) is 42.6 Å². The van der Waals surface area contributed by atoms with Gasteiger partial charge in [-0.15, -0.1) is 0 Å². The van der Waals surface area contributed by atoms with E-state index < -0.39 is 0 Å². The minimum Gasteiger partial charge on any atom is -0.372 e. The van der Waals surface area contributed by atoms with Crippen LogP contribution in [0.3, 0.4) is 0 Å². The van der Waals surface area contributed by atoms with Gasteiger partial charge >= 0.3 is 0 Å². The molecule has 0 saturated carbocycles. The highest BCUT2D eigenvalue weighted by Gasteiger charge is 2.07. The largest absolute Gasteiger partial charge is 0.372 e. The molecule has 1 aromatic carbocycles. The lowest BCUT2D eigenvalue weighted by molar-refractivity contribution is 0.675. The van der Waals surface area contributed by atoms with Crippen molar-refractivity contribution in [1.82, 2.24) is 5.32 Å². The van der Waals surface area contributed by atoms with Crippen LogP contribution < -0.4 is 10.2 Å². The smallest absolute Gasteiger partial charge is 0.0396 e. The Balaban J connectivity index is 2.69. The zero-order chi connectivity index (χ0) is 14.1. The van der Waals surface area contributed by atoms with Crippen molar-refractivity contribution in [3.8, 4) is 0 Å². The van der Waals surface area contributed by atoms with Crippen LogP contribution in [-0.4, -0.2) is 19.6 Å². The molecule has 0 aliphatic heterocycles. The monoisotopic (exact) mass is 262 g/mol. The number of hydrogen-bond donors (Lipinski definition) is 1. The van der Waals surface area contributed by atoms with Crippen LogP contribution in [0, 0.1) is 6.92 Å². The lowest BCUT2D eigenvalue weighted by Crippen LogP contribution is -2.24. The van der Waals surface area contributed by atoms with Gasteiger partial charge in [-0.25, -0.2) is 0 Å². The Morgan fingerprint density at radius 1 is 1.11 bits per heavy atom. The van der Waals surface area contributed by atoms with Crippen LogP contribution in [0.15, 0.2) is 18.2 Å². The molecule has 1 N–H and O–H groups in total. The quantitative estimate of drug-likeness (QED) is 0.673. The fourth-order valence-electron chi connectivity index (χ4n) is 2.39. The van der Waals surface area contributed by atoms with Gasteiger partial charge in [-0.2, -0.15) is 0 Å². The van der Waals surface area contributed by atoms with Gasteiger partial charge in [0.15, 0.2) is 0 Å². The number of nitrogens with one attached hydrogen (secondary N) is 1. The number of aryl methyl sites for hydroxylation is 1. The molecule has 2 heteroatoms. The van der Waals surface area contributed by atoms with Crippen molar-refractivity contribution in [2.45, 2.75) is 53.5 Å². The van der Waals surface area contributed by atoms with Crippen molar-refractivity contribution in [2.24, 2.45) is 0 Å². The summed E-state index contributed by atoms with van der Waals surface area (Å²) in [4.78, 5) is 2.49. The van der Waals surface area contributed by atoms with Crippen LogP contribution in [0.1, 0.15) is 51.2 Å². The van der Waals surface area contributed by atoms with E-state index in [-0.39, 0.29) is 0 Å². The Morgan fingerprint density at radius 3 is 2.47 bits per heavy atom. The fraction of sp³-hybridized carbons (Fsp3) is 0.647. The molecule has 0 heterocycles.